The summed E-state index contributed by atoms with van der Waals surface area (Å²) < 4.78 is 3.88. The second kappa shape index (κ2) is 34.3. The molecule has 8 unspecified atom stereocenters. The molecule has 0 bridgehead atoms. The van der Waals surface area contributed by atoms with Gasteiger partial charge < -0.3 is 86.7 Å². The first-order chi connectivity index (χ1) is 34.7. The highest BCUT2D eigenvalue weighted by Gasteiger charge is 2.25. The molecule has 0 spiro atoms. The summed E-state index contributed by atoms with van der Waals surface area (Å²) >= 11 is 0. The first-order valence-corrected chi connectivity index (χ1v) is 24.6. The third-order valence-corrected chi connectivity index (χ3v) is 12.5. The van der Waals surface area contributed by atoms with Crippen molar-refractivity contribution < 1.29 is 88.3 Å². The fraction of sp³-hybridized carbons (Fsp3) is 0.625. The van der Waals surface area contributed by atoms with Gasteiger partial charge in [-0.05, 0) is 121 Å². The Bertz CT molecular complexity index is 2110. The molecule has 0 aliphatic carbocycles. The van der Waals surface area contributed by atoms with Gasteiger partial charge >= 0.3 is 47.8 Å². The maximum absolute atomic E-state index is 11.2. The minimum atomic E-state index is -1.12. The Morgan fingerprint density at radius 3 is 1.04 bits per heavy atom. The maximum Gasteiger partial charge on any atom is 0.320 e. The molecule has 74 heavy (non-hydrogen) atoms. The Balaban J connectivity index is 0.000000740. The predicted molar refractivity (Wildman–Crippen MR) is 265 cm³/mol. The Labute approximate surface area is 429 Å². The zero-order valence-electron chi connectivity index (χ0n) is 41.8. The first-order valence-electron chi connectivity index (χ1n) is 24.6. The number of carboxylic acids is 8. The number of nitrogens with zero attached hydrogens (tertiary/aromatic N) is 2. The number of aryl methyl sites for hydroxylation is 6. The maximum atomic E-state index is 11.2. The molecule has 0 aliphatic rings. The molecule has 0 saturated heterocycles. The number of aliphatic carboxylic acids is 8. The summed E-state index contributed by atoms with van der Waals surface area (Å²) in [5.41, 5.74) is 50.3. The average Bonchev–Trinajstić information content (AvgIpc) is 3.33. The number of nitrogens with two attached hydrogens (primary N) is 8. The molecular weight excluding hydrogens is 973 g/mol. The average molecular weight is 1050 g/mol. The van der Waals surface area contributed by atoms with Gasteiger partial charge in [-0.2, -0.15) is 0 Å². The van der Waals surface area contributed by atoms with Crippen LogP contribution in [0.25, 0.3) is 0 Å². The van der Waals surface area contributed by atoms with Crippen molar-refractivity contribution in [3.05, 3.63) is 58.2 Å². The van der Waals surface area contributed by atoms with Crippen LogP contribution in [-0.2, 0) is 90.0 Å². The summed E-state index contributed by atoms with van der Waals surface area (Å²) in [5.74, 6) is -8.82. The van der Waals surface area contributed by atoms with Gasteiger partial charge in [-0.3, -0.25) is 38.4 Å². The SMILES string of the molecule is NC(CCCC[n+]1cc(CCC(N)C(=O)O)c(CCCC(N)C(=O)O)c(CCC(N)C(=O)O)c1)C(=O)O.NC(CCCC[n+]1cc(CCC(N)C(=O)O)cc(CCC(N)C(=O)O)c1CCCC(N)C(=O)O)C(=O)O. The lowest BCUT2D eigenvalue weighted by Gasteiger charge is -2.16. The molecule has 2 aromatic rings. The van der Waals surface area contributed by atoms with Gasteiger partial charge in [0.05, 0.1) is 0 Å². The van der Waals surface area contributed by atoms with E-state index in [9.17, 15) is 53.7 Å². The second-order valence-electron chi connectivity index (χ2n) is 18.5. The van der Waals surface area contributed by atoms with Crippen LogP contribution in [0, 0.1) is 0 Å². The number of hydrogen-bond acceptors (Lipinski definition) is 16. The molecule has 0 aliphatic heterocycles. The van der Waals surface area contributed by atoms with Gasteiger partial charge in [0, 0.05) is 41.5 Å². The van der Waals surface area contributed by atoms with Crippen LogP contribution in [0.5, 0.6) is 0 Å². The van der Waals surface area contributed by atoms with E-state index in [1.54, 1.807) is 0 Å². The van der Waals surface area contributed by atoms with Crippen LogP contribution in [0.1, 0.15) is 123 Å². The molecule has 0 saturated carbocycles. The Morgan fingerprint density at radius 1 is 0.351 bits per heavy atom. The molecule has 26 nitrogen and oxygen atoms in total. The number of aromatic nitrogens is 2. The monoisotopic (exact) mass is 1050 g/mol. The summed E-state index contributed by atoms with van der Waals surface area (Å²) in [6.45, 7) is 1.04. The topological polar surface area (TPSA) is 514 Å². The van der Waals surface area contributed by atoms with E-state index >= 15 is 0 Å². The van der Waals surface area contributed by atoms with Crippen LogP contribution in [0.15, 0.2) is 24.7 Å². The molecule has 2 heterocycles. The Kier molecular flexibility index (Phi) is 30.5. The molecule has 2 rings (SSSR count). The smallest absolute Gasteiger partial charge is 0.320 e. The van der Waals surface area contributed by atoms with E-state index in [1.165, 1.54) is 0 Å². The van der Waals surface area contributed by atoms with E-state index in [0.717, 1.165) is 33.5 Å². The number of rotatable bonds is 38. The predicted octanol–water partition coefficient (Wildman–Crippen LogP) is -2.04. The second-order valence-corrected chi connectivity index (χ2v) is 18.5. The summed E-state index contributed by atoms with van der Waals surface area (Å²) in [6, 6.07) is -6.27. The summed E-state index contributed by atoms with van der Waals surface area (Å²) in [5, 5.41) is 72.8. The Hall–Kier alpha value is -6.26. The van der Waals surface area contributed by atoms with E-state index in [1.807, 2.05) is 33.8 Å². The standard InChI is InChI=1S/2C24H39N5O8/c25-17(21(30)31)5-1-2-11-29-12-14(7-9-19(27)23(34)35)16(4-3-6-18(26)22(32)33)15(13-29)8-10-20(28)24(36)37;25-16(21(30)31)4-1-2-11-29-13-14(7-9-18(27)23(34)35)12-15(8-10-19(28)24(36)37)20(29)6-3-5-17(26)22(32)33/h12-13,17-20H,1-11,25-28H2,(H3-,30,31,32,33,34,35,36,37);12-13,16-19H,1-11,25-28H2,(H3-,30,31,32,33,34,35,36,37)/p+2. The van der Waals surface area contributed by atoms with Crippen molar-refractivity contribution in [2.45, 2.75) is 190 Å². The van der Waals surface area contributed by atoms with Crippen LogP contribution < -0.4 is 55.0 Å². The fourth-order valence-electron chi connectivity index (χ4n) is 7.88. The normalized spacial score (nSPS) is 14.5. The largest absolute Gasteiger partial charge is 0.480 e. The third kappa shape index (κ3) is 25.6. The van der Waals surface area contributed by atoms with Gasteiger partial charge in [0.2, 0.25) is 0 Å². The zero-order chi connectivity index (χ0) is 56.2. The van der Waals surface area contributed by atoms with Gasteiger partial charge in [0.1, 0.15) is 61.4 Å². The number of unbranched alkanes of at least 4 members (excludes halogenated alkanes) is 2. The van der Waals surface area contributed by atoms with Crippen molar-refractivity contribution in [1.29, 1.82) is 0 Å². The van der Waals surface area contributed by atoms with Crippen molar-refractivity contribution in [1.82, 2.24) is 0 Å². The number of hydrogen-bond donors (Lipinski definition) is 16. The summed E-state index contributed by atoms with van der Waals surface area (Å²) in [7, 11) is 0. The number of carboxylic acid groups (broad SMARTS) is 8. The quantitative estimate of drug-likeness (QED) is 0.0254. The molecule has 26 heteroatoms. The molecule has 416 valence electrons. The van der Waals surface area contributed by atoms with Crippen molar-refractivity contribution in [3.8, 4) is 0 Å². The van der Waals surface area contributed by atoms with Gasteiger partial charge in [-0.25, -0.2) is 9.13 Å². The van der Waals surface area contributed by atoms with E-state index in [2.05, 4.69) is 0 Å². The molecule has 0 fully saturated rings. The molecule has 2 aromatic heterocycles. The zero-order valence-corrected chi connectivity index (χ0v) is 41.8. The molecule has 0 amide bonds. The molecule has 8 atom stereocenters. The number of pyridine rings is 2. The van der Waals surface area contributed by atoms with Crippen molar-refractivity contribution in [3.63, 3.8) is 0 Å². The van der Waals surface area contributed by atoms with Crippen molar-refractivity contribution in [2.24, 2.45) is 45.9 Å². The molecule has 0 aromatic carbocycles. The third-order valence-electron chi connectivity index (χ3n) is 12.5. The van der Waals surface area contributed by atoms with E-state index in [0.29, 0.717) is 103 Å². The van der Waals surface area contributed by atoms with Gasteiger partial charge in [0.15, 0.2) is 24.3 Å². The van der Waals surface area contributed by atoms with Crippen LogP contribution in [0.4, 0.5) is 0 Å². The lowest BCUT2D eigenvalue weighted by molar-refractivity contribution is -0.705. The van der Waals surface area contributed by atoms with Crippen LogP contribution in [0.3, 0.4) is 0 Å². The van der Waals surface area contributed by atoms with Crippen molar-refractivity contribution >= 4 is 47.8 Å². The van der Waals surface area contributed by atoms with Crippen LogP contribution in [0.2, 0.25) is 0 Å². The van der Waals surface area contributed by atoms with Crippen LogP contribution >= 0.6 is 0 Å². The lowest BCUT2D eigenvalue weighted by Crippen LogP contribution is -2.41. The lowest BCUT2D eigenvalue weighted by atomic mass is 9.91. The molecule has 0 radical (unpaired) electrons. The minimum Gasteiger partial charge on any atom is -0.480 e. The van der Waals surface area contributed by atoms with Gasteiger partial charge in [-0.15, -0.1) is 0 Å². The fourth-order valence-corrected chi connectivity index (χ4v) is 7.88. The van der Waals surface area contributed by atoms with E-state index < -0.39 is 96.1 Å². The van der Waals surface area contributed by atoms with E-state index in [-0.39, 0.29) is 38.5 Å². The molecular formula is C48H80N10O16+2. The van der Waals surface area contributed by atoms with Crippen LogP contribution in [-0.4, -0.2) is 137 Å². The first kappa shape index (κ1) is 65.8. The van der Waals surface area contributed by atoms with Crippen molar-refractivity contribution in [2.75, 3.05) is 0 Å². The Morgan fingerprint density at radius 2 is 0.662 bits per heavy atom. The number of carbonyl (C=O) groups is 8. The highest BCUT2D eigenvalue weighted by molar-refractivity contribution is 5.75. The highest BCUT2D eigenvalue weighted by atomic mass is 16.4. The van der Waals surface area contributed by atoms with E-state index in [4.69, 9.17) is 71.4 Å². The summed E-state index contributed by atoms with van der Waals surface area (Å²) in [6.07, 6.45) is 13.1. The van der Waals surface area contributed by atoms with Gasteiger partial charge in [-0.1, -0.05) is 0 Å². The summed E-state index contributed by atoms with van der Waals surface area (Å²) in [4.78, 5) is 89.0. The minimum absolute atomic E-state index is 0.169. The van der Waals surface area contributed by atoms with Gasteiger partial charge in [0.25, 0.3) is 0 Å². The molecule has 24 N–H and O–H groups in total. The highest BCUT2D eigenvalue weighted by Crippen LogP contribution is 2.22.